The highest BCUT2D eigenvalue weighted by Crippen LogP contribution is 1.99. The minimum atomic E-state index is -0.260. The Labute approximate surface area is 111 Å². The number of nitrogens with zero attached hydrogens (tertiary/aromatic N) is 2. The van der Waals surface area contributed by atoms with Crippen LogP contribution in [0, 0.1) is 0 Å². The summed E-state index contributed by atoms with van der Waals surface area (Å²) >= 11 is 0. The zero-order chi connectivity index (χ0) is 13.2. The Hall–Kier alpha value is -0.200. The molecule has 1 aliphatic heterocycles. The van der Waals surface area contributed by atoms with Crippen LogP contribution in [0.4, 0.5) is 0 Å². The van der Waals surface area contributed by atoms with Crippen LogP contribution in [0.2, 0.25) is 0 Å². The quantitative estimate of drug-likeness (QED) is 0.552. The summed E-state index contributed by atoms with van der Waals surface area (Å²) in [7, 11) is 0. The fourth-order valence-corrected chi connectivity index (χ4v) is 2.26. The molecule has 5 nitrogen and oxygen atoms in total. The number of aliphatic hydroxyl groups is 1. The van der Waals surface area contributed by atoms with E-state index in [1.807, 2.05) is 6.92 Å². The smallest absolute Gasteiger partial charge is 0.0793 e. The first-order valence-electron chi connectivity index (χ1n) is 7.17. The van der Waals surface area contributed by atoms with Crippen molar-refractivity contribution in [1.82, 2.24) is 15.1 Å². The van der Waals surface area contributed by atoms with Crippen LogP contribution < -0.4 is 5.32 Å². The van der Waals surface area contributed by atoms with Gasteiger partial charge >= 0.3 is 0 Å². The summed E-state index contributed by atoms with van der Waals surface area (Å²) in [6.45, 7) is 13.2. The van der Waals surface area contributed by atoms with Crippen molar-refractivity contribution in [3.63, 3.8) is 0 Å². The van der Waals surface area contributed by atoms with E-state index in [1.165, 1.54) is 0 Å². The first kappa shape index (κ1) is 15.9. The van der Waals surface area contributed by atoms with Crippen LogP contribution in [0.1, 0.15) is 13.8 Å². The van der Waals surface area contributed by atoms with Gasteiger partial charge in [0.25, 0.3) is 0 Å². The van der Waals surface area contributed by atoms with Crippen molar-refractivity contribution in [2.45, 2.75) is 20.0 Å². The lowest BCUT2D eigenvalue weighted by molar-refractivity contribution is 0.0552. The van der Waals surface area contributed by atoms with E-state index in [-0.39, 0.29) is 6.10 Å². The van der Waals surface area contributed by atoms with Crippen molar-refractivity contribution in [2.75, 3.05) is 65.6 Å². The van der Waals surface area contributed by atoms with Crippen molar-refractivity contribution in [3.8, 4) is 0 Å². The molecule has 2 N–H and O–H groups in total. The number of hydrogen-bond acceptors (Lipinski definition) is 5. The summed E-state index contributed by atoms with van der Waals surface area (Å²) in [5.74, 6) is 0. The first-order valence-corrected chi connectivity index (χ1v) is 7.17. The fraction of sp³-hybridized carbons (Fsp3) is 1.00. The van der Waals surface area contributed by atoms with Gasteiger partial charge in [-0.15, -0.1) is 0 Å². The van der Waals surface area contributed by atoms with Gasteiger partial charge in [0.15, 0.2) is 0 Å². The van der Waals surface area contributed by atoms with Gasteiger partial charge in [0, 0.05) is 52.4 Å². The van der Waals surface area contributed by atoms with Gasteiger partial charge in [-0.05, 0) is 13.5 Å². The third-order valence-corrected chi connectivity index (χ3v) is 3.35. The summed E-state index contributed by atoms with van der Waals surface area (Å²) in [5.41, 5.74) is 0. The van der Waals surface area contributed by atoms with E-state index in [9.17, 15) is 5.11 Å². The molecule has 1 fully saturated rings. The van der Waals surface area contributed by atoms with Gasteiger partial charge in [0.05, 0.1) is 12.7 Å². The SMILES string of the molecule is CCOCCN(CC)CC(O)CN1CCNCC1. The van der Waals surface area contributed by atoms with E-state index in [1.54, 1.807) is 0 Å². The minimum Gasteiger partial charge on any atom is -0.390 e. The number of likely N-dealkylation sites (N-methyl/N-ethyl adjacent to an activating group) is 1. The van der Waals surface area contributed by atoms with Crippen molar-refractivity contribution in [3.05, 3.63) is 0 Å². The zero-order valence-electron chi connectivity index (χ0n) is 11.9. The second kappa shape index (κ2) is 9.69. The standard InChI is InChI=1S/C13H29N3O2/c1-3-15(9-10-18-4-2)11-13(17)12-16-7-5-14-6-8-16/h13-14,17H,3-12H2,1-2H3. The van der Waals surface area contributed by atoms with Crippen LogP contribution >= 0.6 is 0 Å². The Morgan fingerprint density at radius 3 is 2.67 bits per heavy atom. The van der Waals surface area contributed by atoms with Crippen LogP contribution in [-0.4, -0.2) is 86.6 Å². The van der Waals surface area contributed by atoms with E-state index in [2.05, 4.69) is 22.0 Å². The number of nitrogens with one attached hydrogen (secondary N) is 1. The Bertz CT molecular complexity index is 199. The maximum Gasteiger partial charge on any atom is 0.0793 e. The molecule has 0 spiro atoms. The summed E-state index contributed by atoms with van der Waals surface area (Å²) in [6.07, 6.45) is -0.260. The second-order valence-corrected chi connectivity index (χ2v) is 4.79. The summed E-state index contributed by atoms with van der Waals surface area (Å²) in [4.78, 5) is 4.58. The van der Waals surface area contributed by atoms with E-state index >= 15 is 0 Å². The summed E-state index contributed by atoms with van der Waals surface area (Å²) in [5, 5.41) is 13.4. The van der Waals surface area contributed by atoms with Gasteiger partial charge in [0.1, 0.15) is 0 Å². The predicted molar refractivity (Wildman–Crippen MR) is 73.9 cm³/mol. The van der Waals surface area contributed by atoms with Crippen molar-refractivity contribution in [2.24, 2.45) is 0 Å². The average Bonchev–Trinajstić information content (AvgIpc) is 2.39. The molecule has 0 saturated carbocycles. The van der Waals surface area contributed by atoms with Crippen molar-refractivity contribution < 1.29 is 9.84 Å². The maximum atomic E-state index is 10.1. The maximum absolute atomic E-state index is 10.1. The fourth-order valence-electron chi connectivity index (χ4n) is 2.26. The summed E-state index contributed by atoms with van der Waals surface area (Å²) in [6, 6.07) is 0. The number of piperazine rings is 1. The number of aliphatic hydroxyl groups excluding tert-OH is 1. The molecule has 1 saturated heterocycles. The largest absolute Gasteiger partial charge is 0.390 e. The highest BCUT2D eigenvalue weighted by Gasteiger charge is 2.16. The Kier molecular flexibility index (Phi) is 8.54. The number of rotatable bonds is 9. The third-order valence-electron chi connectivity index (χ3n) is 3.35. The van der Waals surface area contributed by atoms with Crippen molar-refractivity contribution >= 4 is 0 Å². The topological polar surface area (TPSA) is 48.0 Å². The zero-order valence-corrected chi connectivity index (χ0v) is 11.9. The van der Waals surface area contributed by atoms with E-state index in [4.69, 9.17) is 4.74 Å². The van der Waals surface area contributed by atoms with Crippen molar-refractivity contribution in [1.29, 1.82) is 0 Å². The number of hydrogen-bond donors (Lipinski definition) is 2. The van der Waals surface area contributed by atoms with Crippen LogP contribution in [0.3, 0.4) is 0 Å². The first-order chi connectivity index (χ1) is 8.76. The average molecular weight is 259 g/mol. The molecule has 1 aliphatic rings. The predicted octanol–water partition coefficient (Wildman–Crippen LogP) is -0.389. The normalized spacial score (nSPS) is 19.3. The van der Waals surface area contributed by atoms with Gasteiger partial charge < -0.3 is 15.2 Å². The monoisotopic (exact) mass is 259 g/mol. The molecule has 0 aromatic heterocycles. The lowest BCUT2D eigenvalue weighted by Gasteiger charge is -2.31. The molecular formula is C13H29N3O2. The van der Waals surface area contributed by atoms with Gasteiger partial charge in [0.2, 0.25) is 0 Å². The number of ether oxygens (including phenoxy) is 1. The van der Waals surface area contributed by atoms with Gasteiger partial charge in [-0.1, -0.05) is 6.92 Å². The molecule has 0 amide bonds. The second-order valence-electron chi connectivity index (χ2n) is 4.79. The molecular weight excluding hydrogens is 230 g/mol. The molecule has 1 unspecified atom stereocenters. The molecule has 5 heteroatoms. The molecule has 0 aromatic carbocycles. The molecule has 18 heavy (non-hydrogen) atoms. The number of β-amino-alcohol motifs (C(OH)–C–C–N with tert-alkyl or cyclic N) is 1. The molecule has 0 bridgehead atoms. The van der Waals surface area contributed by atoms with E-state index in [0.717, 1.165) is 65.6 Å². The minimum absolute atomic E-state index is 0.260. The highest BCUT2D eigenvalue weighted by molar-refractivity contribution is 4.73. The Morgan fingerprint density at radius 2 is 2.06 bits per heavy atom. The molecule has 0 aliphatic carbocycles. The van der Waals surface area contributed by atoms with Gasteiger partial charge in [-0.2, -0.15) is 0 Å². The van der Waals surface area contributed by atoms with E-state index < -0.39 is 0 Å². The molecule has 1 heterocycles. The Balaban J connectivity index is 2.16. The van der Waals surface area contributed by atoms with Crippen LogP contribution in [0.15, 0.2) is 0 Å². The van der Waals surface area contributed by atoms with Crippen LogP contribution in [-0.2, 0) is 4.74 Å². The summed E-state index contributed by atoms with van der Waals surface area (Å²) < 4.78 is 5.36. The van der Waals surface area contributed by atoms with Crippen LogP contribution in [0.25, 0.3) is 0 Å². The van der Waals surface area contributed by atoms with E-state index in [0.29, 0.717) is 0 Å². The molecule has 108 valence electrons. The lowest BCUT2D eigenvalue weighted by Crippen LogP contribution is -2.48. The molecule has 1 atom stereocenters. The third kappa shape index (κ3) is 6.66. The lowest BCUT2D eigenvalue weighted by atomic mass is 10.2. The highest BCUT2D eigenvalue weighted by atomic mass is 16.5. The molecule has 1 rings (SSSR count). The molecule has 0 radical (unpaired) electrons. The molecule has 0 aromatic rings. The van der Waals surface area contributed by atoms with Gasteiger partial charge in [-0.3, -0.25) is 9.80 Å². The van der Waals surface area contributed by atoms with Crippen LogP contribution in [0.5, 0.6) is 0 Å². The Morgan fingerprint density at radius 1 is 1.33 bits per heavy atom. The van der Waals surface area contributed by atoms with Gasteiger partial charge in [-0.25, -0.2) is 0 Å².